The molecule has 1 unspecified atom stereocenters. The molecule has 1 saturated heterocycles. The summed E-state index contributed by atoms with van der Waals surface area (Å²) in [5, 5.41) is 3.84. The number of esters is 1. The molecule has 2 N–H and O–H groups in total. The average Bonchev–Trinajstić information content (AvgIpc) is 3.10. The van der Waals surface area contributed by atoms with Gasteiger partial charge in [-0.05, 0) is 49.6 Å². The van der Waals surface area contributed by atoms with Crippen LogP contribution in [0.4, 0.5) is 5.69 Å². The number of hydrazine groups is 1. The second kappa shape index (κ2) is 9.42. The van der Waals surface area contributed by atoms with E-state index in [1.165, 1.54) is 0 Å². The molecule has 162 valence electrons. The van der Waals surface area contributed by atoms with Crippen molar-refractivity contribution >= 4 is 29.4 Å². The van der Waals surface area contributed by atoms with Crippen molar-refractivity contribution in [3.8, 4) is 0 Å². The van der Waals surface area contributed by atoms with E-state index in [-0.39, 0.29) is 18.9 Å². The predicted octanol–water partition coefficient (Wildman–Crippen LogP) is 2.29. The smallest absolute Gasteiger partial charge is 0.311 e. The molecule has 2 aromatic rings. The van der Waals surface area contributed by atoms with Gasteiger partial charge < -0.3 is 10.1 Å². The second-order valence-corrected chi connectivity index (χ2v) is 7.56. The Balaban J connectivity index is 1.51. The standard InChI is InChI=1S/C23H25N3O5/c1-14-8-6-10-19(16(14)3)24-20(27)13-31-23(30)17-11-21(28)26(12-17)25-22(29)18-9-5-4-7-15(18)2/h4-10,17H,11-13H2,1-3H3,(H,24,27)(H,25,29). The lowest BCUT2D eigenvalue weighted by atomic mass is 10.1. The lowest BCUT2D eigenvalue weighted by Crippen LogP contribution is -2.43. The van der Waals surface area contributed by atoms with Gasteiger partial charge in [-0.15, -0.1) is 0 Å². The Labute approximate surface area is 180 Å². The van der Waals surface area contributed by atoms with Gasteiger partial charge in [0, 0.05) is 17.7 Å². The molecule has 8 nitrogen and oxygen atoms in total. The summed E-state index contributed by atoms with van der Waals surface area (Å²) in [6.45, 7) is 5.16. The summed E-state index contributed by atoms with van der Waals surface area (Å²) >= 11 is 0. The molecule has 0 radical (unpaired) electrons. The summed E-state index contributed by atoms with van der Waals surface area (Å²) in [4.78, 5) is 49.1. The van der Waals surface area contributed by atoms with Gasteiger partial charge in [0.2, 0.25) is 5.91 Å². The summed E-state index contributed by atoms with van der Waals surface area (Å²) in [7, 11) is 0. The van der Waals surface area contributed by atoms with E-state index in [0.717, 1.165) is 21.7 Å². The second-order valence-electron chi connectivity index (χ2n) is 7.56. The lowest BCUT2D eigenvalue weighted by molar-refractivity contribution is -0.151. The number of hydrogen-bond donors (Lipinski definition) is 2. The third-order valence-corrected chi connectivity index (χ3v) is 5.31. The van der Waals surface area contributed by atoms with Gasteiger partial charge in [-0.1, -0.05) is 30.3 Å². The molecule has 3 rings (SSSR count). The number of rotatable bonds is 6. The summed E-state index contributed by atoms with van der Waals surface area (Å²) in [5.41, 5.74) is 6.38. The van der Waals surface area contributed by atoms with Crippen LogP contribution in [-0.2, 0) is 19.1 Å². The van der Waals surface area contributed by atoms with Crippen LogP contribution in [0.15, 0.2) is 42.5 Å². The third-order valence-electron chi connectivity index (χ3n) is 5.31. The molecule has 3 amide bonds. The monoisotopic (exact) mass is 423 g/mol. The molecule has 1 heterocycles. The Morgan fingerprint density at radius 3 is 2.48 bits per heavy atom. The van der Waals surface area contributed by atoms with Crippen LogP contribution in [0, 0.1) is 26.7 Å². The van der Waals surface area contributed by atoms with Gasteiger partial charge in [0.05, 0.1) is 12.5 Å². The van der Waals surface area contributed by atoms with Crippen LogP contribution < -0.4 is 10.7 Å². The number of aryl methyl sites for hydroxylation is 2. The van der Waals surface area contributed by atoms with Crippen LogP contribution in [-0.4, -0.2) is 41.9 Å². The van der Waals surface area contributed by atoms with Gasteiger partial charge in [0.15, 0.2) is 6.61 Å². The largest absolute Gasteiger partial charge is 0.455 e. The number of carbonyl (C=O) groups excluding carboxylic acids is 4. The van der Waals surface area contributed by atoms with E-state index in [1.807, 2.05) is 32.0 Å². The number of carbonyl (C=O) groups is 4. The van der Waals surface area contributed by atoms with E-state index in [9.17, 15) is 19.2 Å². The first-order valence-electron chi connectivity index (χ1n) is 9.96. The fourth-order valence-corrected chi connectivity index (χ4v) is 3.31. The van der Waals surface area contributed by atoms with Crippen molar-refractivity contribution in [1.82, 2.24) is 10.4 Å². The molecule has 8 heteroatoms. The zero-order valence-electron chi connectivity index (χ0n) is 17.7. The normalized spacial score (nSPS) is 15.5. The van der Waals surface area contributed by atoms with Crippen molar-refractivity contribution in [1.29, 1.82) is 0 Å². The highest BCUT2D eigenvalue weighted by Crippen LogP contribution is 2.20. The maximum atomic E-state index is 12.4. The number of nitrogens with one attached hydrogen (secondary N) is 2. The zero-order chi connectivity index (χ0) is 22.5. The van der Waals surface area contributed by atoms with Gasteiger partial charge in [-0.2, -0.15) is 0 Å². The van der Waals surface area contributed by atoms with Crippen LogP contribution in [0.5, 0.6) is 0 Å². The summed E-state index contributed by atoms with van der Waals surface area (Å²) in [5.74, 6) is -2.68. The van der Waals surface area contributed by atoms with Crippen LogP contribution >= 0.6 is 0 Å². The first-order valence-corrected chi connectivity index (χ1v) is 9.96. The van der Waals surface area contributed by atoms with Crippen molar-refractivity contribution in [3.63, 3.8) is 0 Å². The summed E-state index contributed by atoms with van der Waals surface area (Å²) in [6.07, 6.45) is -0.0918. The maximum Gasteiger partial charge on any atom is 0.311 e. The first kappa shape index (κ1) is 22.0. The molecular weight excluding hydrogens is 398 g/mol. The van der Waals surface area contributed by atoms with Crippen LogP contribution in [0.25, 0.3) is 0 Å². The summed E-state index contributed by atoms with van der Waals surface area (Å²) in [6, 6.07) is 12.5. The number of anilines is 1. The van der Waals surface area contributed by atoms with E-state index < -0.39 is 30.3 Å². The maximum absolute atomic E-state index is 12.4. The van der Waals surface area contributed by atoms with E-state index in [4.69, 9.17) is 4.74 Å². The molecule has 0 spiro atoms. The van der Waals surface area contributed by atoms with Gasteiger partial charge >= 0.3 is 5.97 Å². The Kier molecular flexibility index (Phi) is 6.69. The molecule has 1 aliphatic rings. The fourth-order valence-electron chi connectivity index (χ4n) is 3.31. The number of nitrogens with zero attached hydrogens (tertiary/aromatic N) is 1. The first-order chi connectivity index (χ1) is 14.8. The van der Waals surface area contributed by atoms with E-state index in [0.29, 0.717) is 11.3 Å². The van der Waals surface area contributed by atoms with Crippen molar-refractivity contribution in [2.45, 2.75) is 27.2 Å². The average molecular weight is 423 g/mol. The van der Waals surface area contributed by atoms with Gasteiger partial charge in [0.25, 0.3) is 11.8 Å². The molecule has 0 saturated carbocycles. The predicted molar refractivity (Wildman–Crippen MR) is 114 cm³/mol. The highest BCUT2D eigenvalue weighted by atomic mass is 16.5. The van der Waals surface area contributed by atoms with E-state index in [2.05, 4.69) is 10.7 Å². The van der Waals surface area contributed by atoms with Crippen molar-refractivity contribution in [2.75, 3.05) is 18.5 Å². The van der Waals surface area contributed by atoms with E-state index >= 15 is 0 Å². The fraction of sp³-hybridized carbons (Fsp3) is 0.304. The molecule has 0 bridgehead atoms. The van der Waals surface area contributed by atoms with Gasteiger partial charge in [0.1, 0.15) is 0 Å². The lowest BCUT2D eigenvalue weighted by Gasteiger charge is -2.18. The van der Waals surface area contributed by atoms with Crippen molar-refractivity contribution < 1.29 is 23.9 Å². The van der Waals surface area contributed by atoms with Crippen LogP contribution in [0.2, 0.25) is 0 Å². The molecule has 1 atom stereocenters. The Hall–Kier alpha value is -3.68. The topological polar surface area (TPSA) is 105 Å². The number of hydrogen-bond acceptors (Lipinski definition) is 5. The van der Waals surface area contributed by atoms with Crippen LogP contribution in [0.1, 0.15) is 33.5 Å². The molecule has 2 aromatic carbocycles. The quantitative estimate of drug-likeness (QED) is 0.694. The minimum absolute atomic E-state index is 0.00606. The van der Waals surface area contributed by atoms with Crippen molar-refractivity contribution in [2.24, 2.45) is 5.92 Å². The Morgan fingerprint density at radius 1 is 1.03 bits per heavy atom. The molecule has 1 aliphatic heterocycles. The zero-order valence-corrected chi connectivity index (χ0v) is 17.7. The highest BCUT2D eigenvalue weighted by Gasteiger charge is 2.36. The molecule has 0 aliphatic carbocycles. The molecule has 31 heavy (non-hydrogen) atoms. The summed E-state index contributed by atoms with van der Waals surface area (Å²) < 4.78 is 5.09. The highest BCUT2D eigenvalue weighted by molar-refractivity contribution is 5.98. The Bertz CT molecular complexity index is 1030. The Morgan fingerprint density at radius 2 is 1.74 bits per heavy atom. The minimum Gasteiger partial charge on any atom is -0.455 e. The third kappa shape index (κ3) is 5.28. The van der Waals surface area contributed by atoms with Gasteiger partial charge in [-0.25, -0.2) is 0 Å². The number of amides is 3. The molecule has 0 aromatic heterocycles. The van der Waals surface area contributed by atoms with E-state index in [1.54, 1.807) is 31.2 Å². The van der Waals surface area contributed by atoms with Crippen LogP contribution in [0.3, 0.4) is 0 Å². The SMILES string of the molecule is Cc1ccccc1C(=O)NN1CC(C(=O)OCC(=O)Nc2cccc(C)c2C)CC1=O. The number of benzene rings is 2. The van der Waals surface area contributed by atoms with Gasteiger partial charge in [-0.3, -0.25) is 29.6 Å². The number of ether oxygens (including phenoxy) is 1. The van der Waals surface area contributed by atoms with Crippen molar-refractivity contribution in [3.05, 3.63) is 64.7 Å². The minimum atomic E-state index is -0.752. The molecular formula is C23H25N3O5. The molecule has 1 fully saturated rings.